The fraction of sp³-hybridized carbons (Fsp3) is 0.0714. The molecular weight excluding hydrogens is 264 g/mol. The summed E-state index contributed by atoms with van der Waals surface area (Å²) in [4.78, 5) is 11.1. The average molecular weight is 277 g/mol. The van der Waals surface area contributed by atoms with E-state index in [1.807, 2.05) is 0 Å². The molecule has 19 heavy (non-hydrogen) atoms. The molecule has 0 atom stereocenters. The molecule has 0 aromatic heterocycles. The maximum Gasteiger partial charge on any atom is 0.239 e. The molecule has 4 nitrogen and oxygen atoms in total. The van der Waals surface area contributed by atoms with E-state index in [2.05, 4.69) is 5.32 Å². The minimum absolute atomic E-state index is 0.0658. The van der Waals surface area contributed by atoms with Crippen molar-refractivity contribution < 1.29 is 9.53 Å². The Labute approximate surface area is 116 Å². The monoisotopic (exact) mass is 276 g/mol. The van der Waals surface area contributed by atoms with Gasteiger partial charge in [-0.3, -0.25) is 4.79 Å². The Balaban J connectivity index is 2.02. The largest absolute Gasteiger partial charge is 0.457 e. The number of amides is 1. The van der Waals surface area contributed by atoms with Crippen molar-refractivity contribution in [3.05, 3.63) is 48.5 Å². The van der Waals surface area contributed by atoms with Crippen LogP contribution in [0.1, 0.15) is 0 Å². The van der Waals surface area contributed by atoms with Crippen LogP contribution in [0.25, 0.3) is 0 Å². The standard InChI is InChI=1S/C14H13ClN2O2/c15-9-14(18)17-11-3-7-13(8-4-11)19-12-5-1-10(16)2-6-12/h1-8H,9,16H2,(H,17,18). The Bertz CT molecular complexity index is 553. The third-order valence-corrected chi connectivity index (χ3v) is 2.62. The van der Waals surface area contributed by atoms with E-state index in [-0.39, 0.29) is 11.8 Å². The van der Waals surface area contributed by atoms with Gasteiger partial charge in [0.2, 0.25) is 5.91 Å². The van der Waals surface area contributed by atoms with Crippen molar-refractivity contribution in [1.82, 2.24) is 0 Å². The maximum absolute atomic E-state index is 11.1. The number of nitrogen functional groups attached to an aromatic ring is 1. The van der Waals surface area contributed by atoms with E-state index in [0.717, 1.165) is 0 Å². The predicted octanol–water partition coefficient (Wildman–Crippen LogP) is 3.24. The molecule has 0 saturated heterocycles. The molecule has 0 unspecified atom stereocenters. The lowest BCUT2D eigenvalue weighted by Crippen LogP contribution is -2.12. The van der Waals surface area contributed by atoms with Crippen LogP contribution >= 0.6 is 11.6 Å². The zero-order valence-electron chi connectivity index (χ0n) is 10.1. The summed E-state index contributed by atoms with van der Waals surface area (Å²) in [5, 5.41) is 2.65. The topological polar surface area (TPSA) is 64.3 Å². The number of carbonyl (C=O) groups excluding carboxylic acids is 1. The van der Waals surface area contributed by atoms with Crippen molar-refractivity contribution in [3.63, 3.8) is 0 Å². The molecule has 0 aliphatic rings. The van der Waals surface area contributed by atoms with Gasteiger partial charge in [-0.1, -0.05) is 0 Å². The summed E-state index contributed by atoms with van der Waals surface area (Å²) < 4.78 is 5.63. The lowest BCUT2D eigenvalue weighted by atomic mass is 10.3. The first-order chi connectivity index (χ1) is 9.17. The van der Waals surface area contributed by atoms with Gasteiger partial charge in [0.25, 0.3) is 0 Å². The average Bonchev–Trinajstić information content (AvgIpc) is 2.43. The van der Waals surface area contributed by atoms with Crippen LogP contribution in [0.5, 0.6) is 11.5 Å². The third-order valence-electron chi connectivity index (χ3n) is 2.38. The Morgan fingerprint density at radius 3 is 2.11 bits per heavy atom. The Hall–Kier alpha value is -2.20. The Morgan fingerprint density at radius 1 is 1.05 bits per heavy atom. The van der Waals surface area contributed by atoms with E-state index in [1.165, 1.54) is 0 Å². The van der Waals surface area contributed by atoms with Crippen molar-refractivity contribution in [1.29, 1.82) is 0 Å². The van der Waals surface area contributed by atoms with E-state index < -0.39 is 0 Å². The Kier molecular flexibility index (Phi) is 4.26. The predicted molar refractivity (Wildman–Crippen MR) is 76.7 cm³/mol. The summed E-state index contributed by atoms with van der Waals surface area (Å²) in [6.07, 6.45) is 0. The van der Waals surface area contributed by atoms with Crippen molar-refractivity contribution >= 4 is 28.9 Å². The van der Waals surface area contributed by atoms with Gasteiger partial charge in [0.05, 0.1) is 0 Å². The number of hydrogen-bond donors (Lipinski definition) is 2. The third kappa shape index (κ3) is 3.89. The van der Waals surface area contributed by atoms with Crippen LogP contribution in [0.4, 0.5) is 11.4 Å². The number of ether oxygens (including phenoxy) is 1. The molecule has 2 rings (SSSR count). The van der Waals surface area contributed by atoms with Crippen molar-refractivity contribution in [2.45, 2.75) is 0 Å². The van der Waals surface area contributed by atoms with E-state index in [4.69, 9.17) is 22.1 Å². The van der Waals surface area contributed by atoms with Crippen LogP contribution in [0.3, 0.4) is 0 Å². The Morgan fingerprint density at radius 2 is 1.58 bits per heavy atom. The number of hydrogen-bond acceptors (Lipinski definition) is 3. The van der Waals surface area contributed by atoms with Gasteiger partial charge in [-0.2, -0.15) is 0 Å². The molecule has 2 aromatic rings. The molecule has 0 fully saturated rings. The minimum atomic E-state index is -0.242. The van der Waals surface area contributed by atoms with Gasteiger partial charge >= 0.3 is 0 Å². The fourth-order valence-corrected chi connectivity index (χ4v) is 1.54. The molecule has 0 heterocycles. The highest BCUT2D eigenvalue weighted by Crippen LogP contribution is 2.23. The van der Waals surface area contributed by atoms with Gasteiger partial charge in [0.1, 0.15) is 17.4 Å². The van der Waals surface area contributed by atoms with E-state index in [1.54, 1.807) is 48.5 Å². The zero-order valence-corrected chi connectivity index (χ0v) is 10.9. The molecule has 0 aliphatic carbocycles. The lowest BCUT2D eigenvalue weighted by Gasteiger charge is -2.07. The molecule has 98 valence electrons. The number of nitrogens with two attached hydrogens (primary N) is 1. The molecule has 0 aliphatic heterocycles. The van der Waals surface area contributed by atoms with E-state index in [0.29, 0.717) is 22.9 Å². The van der Waals surface area contributed by atoms with E-state index in [9.17, 15) is 4.79 Å². The summed E-state index contributed by atoms with van der Waals surface area (Å²) >= 11 is 5.41. The molecule has 5 heteroatoms. The maximum atomic E-state index is 11.1. The van der Waals surface area contributed by atoms with Gasteiger partial charge < -0.3 is 15.8 Å². The van der Waals surface area contributed by atoms with E-state index >= 15 is 0 Å². The smallest absolute Gasteiger partial charge is 0.239 e. The summed E-state index contributed by atoms with van der Waals surface area (Å²) in [7, 11) is 0. The molecule has 0 spiro atoms. The molecule has 0 radical (unpaired) electrons. The second-order valence-electron chi connectivity index (χ2n) is 3.88. The van der Waals surface area contributed by atoms with Gasteiger partial charge in [-0.05, 0) is 48.5 Å². The van der Waals surface area contributed by atoms with Crippen LogP contribution in [-0.2, 0) is 4.79 Å². The normalized spacial score (nSPS) is 9.95. The first kappa shape index (κ1) is 13.2. The number of halogens is 1. The first-order valence-corrected chi connectivity index (χ1v) is 6.20. The van der Waals surface area contributed by atoms with Gasteiger partial charge in [0.15, 0.2) is 0 Å². The van der Waals surface area contributed by atoms with Crippen LogP contribution in [-0.4, -0.2) is 11.8 Å². The SMILES string of the molecule is Nc1ccc(Oc2ccc(NC(=O)CCl)cc2)cc1. The summed E-state index contributed by atoms with van der Waals surface area (Å²) in [5.74, 6) is 1.07. The van der Waals surface area contributed by atoms with Crippen molar-refractivity contribution in [3.8, 4) is 11.5 Å². The van der Waals surface area contributed by atoms with Crippen LogP contribution in [0.15, 0.2) is 48.5 Å². The second kappa shape index (κ2) is 6.11. The first-order valence-electron chi connectivity index (χ1n) is 5.66. The van der Waals surface area contributed by atoms with Crippen LogP contribution in [0.2, 0.25) is 0 Å². The van der Waals surface area contributed by atoms with Gasteiger partial charge in [-0.15, -0.1) is 11.6 Å². The molecule has 3 N–H and O–H groups in total. The molecule has 0 saturated carbocycles. The highest BCUT2D eigenvalue weighted by molar-refractivity contribution is 6.29. The van der Waals surface area contributed by atoms with Crippen LogP contribution < -0.4 is 15.8 Å². The number of rotatable bonds is 4. The van der Waals surface area contributed by atoms with Crippen LogP contribution in [0, 0.1) is 0 Å². The minimum Gasteiger partial charge on any atom is -0.457 e. The molecule has 1 amide bonds. The highest BCUT2D eigenvalue weighted by Gasteiger charge is 2.01. The molecule has 0 bridgehead atoms. The number of benzene rings is 2. The quantitative estimate of drug-likeness (QED) is 0.665. The number of anilines is 2. The fourth-order valence-electron chi connectivity index (χ4n) is 1.47. The number of carbonyl (C=O) groups is 1. The lowest BCUT2D eigenvalue weighted by molar-refractivity contribution is -0.113. The van der Waals surface area contributed by atoms with Crippen molar-refractivity contribution in [2.75, 3.05) is 16.9 Å². The summed E-state index contributed by atoms with van der Waals surface area (Å²) in [6, 6.07) is 14.1. The van der Waals surface area contributed by atoms with Gasteiger partial charge in [0, 0.05) is 11.4 Å². The summed E-state index contributed by atoms with van der Waals surface area (Å²) in [5.41, 5.74) is 6.96. The van der Waals surface area contributed by atoms with Gasteiger partial charge in [-0.25, -0.2) is 0 Å². The number of nitrogens with one attached hydrogen (secondary N) is 1. The second-order valence-corrected chi connectivity index (χ2v) is 4.14. The number of alkyl halides is 1. The summed E-state index contributed by atoms with van der Waals surface area (Å²) in [6.45, 7) is 0. The molecular formula is C14H13ClN2O2. The highest BCUT2D eigenvalue weighted by atomic mass is 35.5. The van der Waals surface area contributed by atoms with Crippen molar-refractivity contribution in [2.24, 2.45) is 0 Å². The zero-order chi connectivity index (χ0) is 13.7. The molecule has 2 aromatic carbocycles.